The molecule has 0 heterocycles. The molecule has 0 bridgehead atoms. The van der Waals surface area contributed by atoms with E-state index in [1.165, 1.54) is 44.9 Å². The topological polar surface area (TPSA) is 30.5 Å². The average Bonchev–Trinajstić information content (AvgIpc) is 2.22. The van der Waals surface area contributed by atoms with Gasteiger partial charge < -0.3 is 9.05 Å². The van der Waals surface area contributed by atoms with Crippen LogP contribution in [0.15, 0.2) is 0 Å². The van der Waals surface area contributed by atoms with Crippen LogP contribution in [0.2, 0.25) is 0 Å². The molecule has 0 aromatic rings. The molecule has 0 spiro atoms. The van der Waals surface area contributed by atoms with E-state index in [2.05, 4.69) is 5.09 Å². The molecule has 0 atom stereocenters. The Morgan fingerprint density at radius 3 is 1.93 bits per heavy atom. The van der Waals surface area contributed by atoms with Gasteiger partial charge in [-0.3, -0.25) is 0 Å². The second-order valence-electron chi connectivity index (χ2n) is 4.03. The molecule has 1 rings (SSSR count). The summed E-state index contributed by atoms with van der Waals surface area (Å²) in [7, 11) is 3.25. The Bertz CT molecular complexity index is 209. The third-order valence-electron chi connectivity index (χ3n) is 2.93. The van der Waals surface area contributed by atoms with Gasteiger partial charge in [-0.2, -0.15) is 0 Å². The van der Waals surface area contributed by atoms with Crippen molar-refractivity contribution in [3.05, 3.63) is 0 Å². The third-order valence-corrected chi connectivity index (χ3v) is 5.78. The SMILES string of the molecule is COP(=S)(NC1CCCCCCC1)OC. The molecular formula is C10H22NO2PS. The monoisotopic (exact) mass is 251 g/mol. The highest BCUT2D eigenvalue weighted by Crippen LogP contribution is 2.43. The second kappa shape index (κ2) is 6.97. The normalized spacial score (nSPS) is 20.9. The first-order valence-corrected chi connectivity index (χ1v) is 8.33. The minimum Gasteiger partial charge on any atom is -0.321 e. The van der Waals surface area contributed by atoms with E-state index < -0.39 is 6.64 Å². The van der Waals surface area contributed by atoms with Crippen molar-refractivity contribution in [2.24, 2.45) is 0 Å². The minimum absolute atomic E-state index is 0.482. The number of hydrogen-bond acceptors (Lipinski definition) is 3. The quantitative estimate of drug-likeness (QED) is 0.777. The summed E-state index contributed by atoms with van der Waals surface area (Å²) in [6.07, 6.45) is 9.06. The van der Waals surface area contributed by atoms with Crippen molar-refractivity contribution in [3.63, 3.8) is 0 Å². The fraction of sp³-hybridized carbons (Fsp3) is 1.00. The molecule has 90 valence electrons. The van der Waals surface area contributed by atoms with Crippen molar-refractivity contribution >= 4 is 18.4 Å². The first-order valence-electron chi connectivity index (χ1n) is 5.69. The molecule has 5 heteroatoms. The maximum Gasteiger partial charge on any atom is 0.260 e. The van der Waals surface area contributed by atoms with E-state index in [9.17, 15) is 0 Å². The largest absolute Gasteiger partial charge is 0.321 e. The van der Waals surface area contributed by atoms with E-state index in [4.69, 9.17) is 20.9 Å². The van der Waals surface area contributed by atoms with Crippen LogP contribution in [-0.4, -0.2) is 20.3 Å². The van der Waals surface area contributed by atoms with Crippen LogP contribution in [0.25, 0.3) is 0 Å². The van der Waals surface area contributed by atoms with Gasteiger partial charge in [0.2, 0.25) is 0 Å². The van der Waals surface area contributed by atoms with Crippen LogP contribution in [0.4, 0.5) is 0 Å². The maximum absolute atomic E-state index is 5.32. The van der Waals surface area contributed by atoms with Gasteiger partial charge in [-0.25, -0.2) is 5.09 Å². The molecule has 1 fully saturated rings. The predicted octanol–water partition coefficient (Wildman–Crippen LogP) is 3.21. The lowest BCUT2D eigenvalue weighted by Gasteiger charge is -2.27. The lowest BCUT2D eigenvalue weighted by molar-refractivity contribution is 0.311. The van der Waals surface area contributed by atoms with E-state index in [0.29, 0.717) is 6.04 Å². The molecule has 1 aliphatic rings. The number of nitrogens with one attached hydrogen (secondary N) is 1. The second-order valence-corrected chi connectivity index (χ2v) is 7.46. The highest BCUT2D eigenvalue weighted by molar-refractivity contribution is 8.08. The van der Waals surface area contributed by atoms with Gasteiger partial charge in [0.1, 0.15) is 0 Å². The summed E-state index contributed by atoms with van der Waals surface area (Å²) in [5, 5.41) is 3.38. The minimum atomic E-state index is -2.20. The van der Waals surface area contributed by atoms with Crippen molar-refractivity contribution in [1.82, 2.24) is 5.09 Å². The van der Waals surface area contributed by atoms with Crippen LogP contribution in [0, 0.1) is 0 Å². The van der Waals surface area contributed by atoms with E-state index in [0.717, 1.165) is 0 Å². The van der Waals surface area contributed by atoms with Gasteiger partial charge in [-0.15, -0.1) is 0 Å². The van der Waals surface area contributed by atoms with Crippen molar-refractivity contribution in [2.75, 3.05) is 14.2 Å². The Morgan fingerprint density at radius 2 is 1.47 bits per heavy atom. The van der Waals surface area contributed by atoms with Crippen LogP contribution in [0.1, 0.15) is 44.9 Å². The number of rotatable bonds is 4. The van der Waals surface area contributed by atoms with Crippen LogP contribution in [0.5, 0.6) is 0 Å². The molecule has 3 nitrogen and oxygen atoms in total. The van der Waals surface area contributed by atoms with E-state index in [1.807, 2.05) is 0 Å². The fourth-order valence-electron chi connectivity index (χ4n) is 1.99. The Morgan fingerprint density at radius 1 is 1.00 bits per heavy atom. The predicted molar refractivity (Wildman–Crippen MR) is 67.5 cm³/mol. The van der Waals surface area contributed by atoms with E-state index in [-0.39, 0.29) is 0 Å². The van der Waals surface area contributed by atoms with Gasteiger partial charge in [0, 0.05) is 20.3 Å². The highest BCUT2D eigenvalue weighted by atomic mass is 32.5. The Hall–Kier alpha value is 0.530. The summed E-state index contributed by atoms with van der Waals surface area (Å²) in [5.74, 6) is 0. The van der Waals surface area contributed by atoms with E-state index >= 15 is 0 Å². The first-order chi connectivity index (χ1) is 7.20. The van der Waals surface area contributed by atoms with Gasteiger partial charge in [-0.1, -0.05) is 32.1 Å². The zero-order chi connectivity index (χ0) is 11.1. The zero-order valence-electron chi connectivity index (χ0n) is 9.70. The third kappa shape index (κ3) is 4.92. The Balaban J connectivity index is 2.43. The first kappa shape index (κ1) is 13.6. The highest BCUT2D eigenvalue weighted by Gasteiger charge is 2.21. The standard InChI is InChI=1S/C10H22NO2PS/c1-12-14(15,13-2)11-10-8-6-4-3-5-7-9-10/h10H,3-9H2,1-2H3,(H,11,15). The van der Waals surface area contributed by atoms with Crippen LogP contribution < -0.4 is 5.09 Å². The molecule has 0 saturated heterocycles. The summed E-state index contributed by atoms with van der Waals surface area (Å²) in [4.78, 5) is 0. The summed E-state index contributed by atoms with van der Waals surface area (Å²) in [6.45, 7) is -2.20. The van der Waals surface area contributed by atoms with Gasteiger partial charge in [0.25, 0.3) is 6.64 Å². The molecule has 1 aliphatic carbocycles. The summed E-state index contributed by atoms with van der Waals surface area (Å²) in [5.41, 5.74) is 0. The zero-order valence-corrected chi connectivity index (χ0v) is 11.4. The summed E-state index contributed by atoms with van der Waals surface area (Å²) in [6, 6.07) is 0.482. The van der Waals surface area contributed by atoms with Gasteiger partial charge in [0.15, 0.2) is 0 Å². The fourth-order valence-corrected chi connectivity index (χ4v) is 3.50. The molecule has 1 N–H and O–H groups in total. The van der Waals surface area contributed by atoms with Gasteiger partial charge in [0.05, 0.1) is 0 Å². The van der Waals surface area contributed by atoms with Crippen molar-refractivity contribution < 1.29 is 9.05 Å². The molecule has 1 saturated carbocycles. The summed E-state index contributed by atoms with van der Waals surface area (Å²) < 4.78 is 10.5. The van der Waals surface area contributed by atoms with Crippen molar-refractivity contribution in [2.45, 2.75) is 51.0 Å². The molecular weight excluding hydrogens is 229 g/mol. The van der Waals surface area contributed by atoms with E-state index in [1.54, 1.807) is 14.2 Å². The molecule has 0 aliphatic heterocycles. The lowest BCUT2D eigenvalue weighted by Crippen LogP contribution is -2.28. The van der Waals surface area contributed by atoms with Gasteiger partial charge in [-0.05, 0) is 24.6 Å². The van der Waals surface area contributed by atoms with Gasteiger partial charge >= 0.3 is 0 Å². The molecule has 0 radical (unpaired) electrons. The number of hydrogen-bond donors (Lipinski definition) is 1. The molecule has 15 heavy (non-hydrogen) atoms. The Kier molecular flexibility index (Phi) is 6.32. The summed E-state index contributed by atoms with van der Waals surface area (Å²) >= 11 is 5.32. The molecule has 0 amide bonds. The Labute approximate surface area is 98.1 Å². The lowest BCUT2D eigenvalue weighted by atomic mass is 9.97. The average molecular weight is 251 g/mol. The smallest absolute Gasteiger partial charge is 0.260 e. The van der Waals surface area contributed by atoms with Crippen LogP contribution in [0.3, 0.4) is 0 Å². The maximum atomic E-state index is 5.32. The molecule has 0 aromatic heterocycles. The molecule has 0 unspecified atom stereocenters. The van der Waals surface area contributed by atoms with Crippen molar-refractivity contribution in [3.8, 4) is 0 Å². The van der Waals surface area contributed by atoms with Crippen LogP contribution >= 0.6 is 6.64 Å². The molecule has 0 aromatic carbocycles. The van der Waals surface area contributed by atoms with Crippen LogP contribution in [-0.2, 0) is 20.9 Å². The van der Waals surface area contributed by atoms with Crippen molar-refractivity contribution in [1.29, 1.82) is 0 Å².